The molecular formula is C21H22FN5. The van der Waals surface area contributed by atoms with Gasteiger partial charge in [0.25, 0.3) is 0 Å². The van der Waals surface area contributed by atoms with Crippen LogP contribution in [-0.2, 0) is 6.54 Å². The van der Waals surface area contributed by atoms with Crippen molar-refractivity contribution in [3.05, 3.63) is 72.1 Å². The average molecular weight is 363 g/mol. The van der Waals surface area contributed by atoms with E-state index < -0.39 is 0 Å². The number of hydrogen-bond donors (Lipinski definition) is 1. The molecule has 0 unspecified atom stereocenters. The Labute approximate surface area is 158 Å². The van der Waals surface area contributed by atoms with E-state index in [0.29, 0.717) is 0 Å². The number of anilines is 1. The van der Waals surface area contributed by atoms with Gasteiger partial charge in [0, 0.05) is 43.2 Å². The fourth-order valence-corrected chi connectivity index (χ4v) is 3.77. The second-order valence-electron chi connectivity index (χ2n) is 6.97. The van der Waals surface area contributed by atoms with Crippen molar-refractivity contribution in [1.29, 1.82) is 0 Å². The molecule has 1 aliphatic heterocycles. The van der Waals surface area contributed by atoms with Gasteiger partial charge in [-0.2, -0.15) is 0 Å². The maximum Gasteiger partial charge on any atom is 0.220 e. The zero-order chi connectivity index (χ0) is 18.6. The first-order chi connectivity index (χ1) is 13.2. The molecule has 1 saturated heterocycles. The molecular weight excluding hydrogens is 341 g/mol. The first kappa shape index (κ1) is 17.5. The predicted molar refractivity (Wildman–Crippen MR) is 103 cm³/mol. The summed E-state index contributed by atoms with van der Waals surface area (Å²) in [4.78, 5) is 15.3. The molecule has 1 atom stereocenters. The number of aromatic nitrogens is 3. The summed E-state index contributed by atoms with van der Waals surface area (Å²) < 4.78 is 13.7. The quantitative estimate of drug-likeness (QED) is 0.766. The molecule has 6 heteroatoms. The number of hydrogen-bond acceptors (Lipinski definition) is 5. The number of benzene rings is 1. The van der Waals surface area contributed by atoms with Crippen molar-refractivity contribution < 1.29 is 4.39 Å². The Balaban J connectivity index is 1.61. The Hall–Kier alpha value is -2.86. The lowest BCUT2D eigenvalue weighted by atomic mass is 9.89. The minimum Gasteiger partial charge on any atom is -0.368 e. The molecule has 5 nitrogen and oxygen atoms in total. The molecule has 1 aromatic carbocycles. The molecule has 4 rings (SSSR count). The molecule has 2 aromatic heterocycles. The molecule has 27 heavy (non-hydrogen) atoms. The fourth-order valence-electron chi connectivity index (χ4n) is 3.77. The molecule has 3 heterocycles. The topological polar surface area (TPSA) is 67.9 Å². The molecule has 2 N–H and O–H groups in total. The summed E-state index contributed by atoms with van der Waals surface area (Å²) in [6.45, 7) is 2.79. The minimum absolute atomic E-state index is 0.235. The standard InChI is InChI=1S/C21H22FN5/c22-18-7-1-5-16(10-18)19-12-25-21(23)26-20(19)17-6-3-9-27(14-17)13-15-4-2-8-24-11-15/h1-2,4-5,7-8,10-12,17H,3,6,9,13-14H2,(H2,23,25,26)/t17-/m0/s1. The molecule has 138 valence electrons. The highest BCUT2D eigenvalue weighted by atomic mass is 19.1. The smallest absolute Gasteiger partial charge is 0.220 e. The van der Waals surface area contributed by atoms with Crippen molar-refractivity contribution in [3.63, 3.8) is 0 Å². The molecule has 1 fully saturated rings. The van der Waals surface area contributed by atoms with Crippen LogP contribution in [0.3, 0.4) is 0 Å². The first-order valence-corrected chi connectivity index (χ1v) is 9.18. The Morgan fingerprint density at radius 2 is 2.11 bits per heavy atom. The lowest BCUT2D eigenvalue weighted by molar-refractivity contribution is 0.198. The summed E-state index contributed by atoms with van der Waals surface area (Å²) >= 11 is 0. The van der Waals surface area contributed by atoms with Gasteiger partial charge in [0.2, 0.25) is 5.95 Å². The van der Waals surface area contributed by atoms with Crippen LogP contribution in [0.25, 0.3) is 11.1 Å². The van der Waals surface area contributed by atoms with Gasteiger partial charge in [-0.05, 0) is 48.7 Å². The third-order valence-electron chi connectivity index (χ3n) is 4.99. The van der Waals surface area contributed by atoms with E-state index in [1.54, 1.807) is 18.5 Å². The highest BCUT2D eigenvalue weighted by Gasteiger charge is 2.25. The Morgan fingerprint density at radius 3 is 2.93 bits per heavy atom. The van der Waals surface area contributed by atoms with Crippen LogP contribution >= 0.6 is 0 Å². The third kappa shape index (κ3) is 4.11. The second-order valence-corrected chi connectivity index (χ2v) is 6.97. The number of nitrogens with zero attached hydrogens (tertiary/aromatic N) is 4. The minimum atomic E-state index is -0.267. The molecule has 0 amide bonds. The van der Waals surface area contributed by atoms with Crippen LogP contribution in [0.2, 0.25) is 0 Å². The average Bonchev–Trinajstić information content (AvgIpc) is 2.69. The number of nitrogen functional groups attached to an aromatic ring is 1. The van der Waals surface area contributed by atoms with Crippen molar-refractivity contribution in [2.24, 2.45) is 0 Å². The maximum atomic E-state index is 13.7. The monoisotopic (exact) mass is 363 g/mol. The van der Waals surface area contributed by atoms with Gasteiger partial charge in [-0.15, -0.1) is 0 Å². The molecule has 0 spiro atoms. The van der Waals surface area contributed by atoms with Crippen molar-refractivity contribution >= 4 is 5.95 Å². The van der Waals surface area contributed by atoms with Crippen LogP contribution < -0.4 is 5.73 Å². The molecule has 0 aliphatic carbocycles. The fraction of sp³-hybridized carbons (Fsp3) is 0.286. The van der Waals surface area contributed by atoms with E-state index in [2.05, 4.69) is 25.9 Å². The van der Waals surface area contributed by atoms with Gasteiger partial charge >= 0.3 is 0 Å². The number of nitrogens with two attached hydrogens (primary N) is 1. The van der Waals surface area contributed by atoms with Crippen molar-refractivity contribution in [2.75, 3.05) is 18.8 Å². The zero-order valence-electron chi connectivity index (χ0n) is 15.1. The lowest BCUT2D eigenvalue weighted by Gasteiger charge is -2.33. The van der Waals surface area contributed by atoms with E-state index in [-0.39, 0.29) is 17.7 Å². The third-order valence-corrected chi connectivity index (χ3v) is 4.99. The van der Waals surface area contributed by atoms with E-state index in [1.807, 2.05) is 18.3 Å². The van der Waals surface area contributed by atoms with E-state index in [0.717, 1.165) is 49.3 Å². The SMILES string of the molecule is Nc1ncc(-c2cccc(F)c2)c([C@H]2CCCN(Cc3cccnc3)C2)n1. The summed E-state index contributed by atoms with van der Waals surface area (Å²) in [6, 6.07) is 10.6. The lowest BCUT2D eigenvalue weighted by Crippen LogP contribution is -2.34. The van der Waals surface area contributed by atoms with Gasteiger partial charge in [0.05, 0.1) is 5.69 Å². The highest BCUT2D eigenvalue weighted by molar-refractivity contribution is 5.66. The summed E-state index contributed by atoms with van der Waals surface area (Å²) in [7, 11) is 0. The predicted octanol–water partition coefficient (Wildman–Crippen LogP) is 3.64. The molecule has 0 radical (unpaired) electrons. The van der Waals surface area contributed by atoms with Gasteiger partial charge in [-0.1, -0.05) is 18.2 Å². The van der Waals surface area contributed by atoms with Gasteiger partial charge in [-0.25, -0.2) is 14.4 Å². The molecule has 3 aromatic rings. The van der Waals surface area contributed by atoms with E-state index >= 15 is 0 Å². The molecule has 0 saturated carbocycles. The first-order valence-electron chi connectivity index (χ1n) is 9.18. The van der Waals surface area contributed by atoms with Crippen molar-refractivity contribution in [2.45, 2.75) is 25.3 Å². The van der Waals surface area contributed by atoms with Gasteiger partial charge in [0.15, 0.2) is 0 Å². The summed E-state index contributed by atoms with van der Waals surface area (Å²) in [6.07, 6.45) is 7.52. The Morgan fingerprint density at radius 1 is 1.19 bits per heavy atom. The number of rotatable bonds is 4. The van der Waals surface area contributed by atoms with E-state index in [1.165, 1.54) is 17.7 Å². The summed E-state index contributed by atoms with van der Waals surface area (Å²) in [5.41, 5.74) is 9.63. The molecule has 1 aliphatic rings. The number of pyridine rings is 1. The summed E-state index contributed by atoms with van der Waals surface area (Å²) in [5.74, 6) is 0.227. The number of halogens is 1. The summed E-state index contributed by atoms with van der Waals surface area (Å²) in [5, 5.41) is 0. The largest absolute Gasteiger partial charge is 0.368 e. The van der Waals surface area contributed by atoms with Gasteiger partial charge < -0.3 is 5.73 Å². The molecule has 0 bridgehead atoms. The van der Waals surface area contributed by atoms with E-state index in [9.17, 15) is 4.39 Å². The van der Waals surface area contributed by atoms with Crippen LogP contribution in [0.1, 0.15) is 30.0 Å². The van der Waals surface area contributed by atoms with Crippen molar-refractivity contribution in [3.8, 4) is 11.1 Å². The Bertz CT molecular complexity index is 915. The van der Waals surface area contributed by atoms with Crippen LogP contribution in [0.4, 0.5) is 10.3 Å². The highest BCUT2D eigenvalue weighted by Crippen LogP contribution is 2.33. The van der Waals surface area contributed by atoms with Crippen LogP contribution in [-0.4, -0.2) is 32.9 Å². The van der Waals surface area contributed by atoms with Crippen LogP contribution in [0.15, 0.2) is 55.0 Å². The normalized spacial score (nSPS) is 17.7. The van der Waals surface area contributed by atoms with Crippen LogP contribution in [0.5, 0.6) is 0 Å². The number of likely N-dealkylation sites (tertiary alicyclic amines) is 1. The van der Waals surface area contributed by atoms with Crippen LogP contribution in [0, 0.1) is 5.82 Å². The zero-order valence-corrected chi connectivity index (χ0v) is 15.1. The number of piperidine rings is 1. The second kappa shape index (κ2) is 7.80. The van der Waals surface area contributed by atoms with Crippen molar-refractivity contribution in [1.82, 2.24) is 19.9 Å². The van der Waals surface area contributed by atoms with Gasteiger partial charge in [0.1, 0.15) is 5.82 Å². The van der Waals surface area contributed by atoms with E-state index in [4.69, 9.17) is 5.73 Å². The van der Waals surface area contributed by atoms with Gasteiger partial charge in [-0.3, -0.25) is 9.88 Å². The maximum absolute atomic E-state index is 13.7. The Kier molecular flexibility index (Phi) is 5.07.